The third-order valence-corrected chi connectivity index (χ3v) is 0.731. The van der Waals surface area contributed by atoms with Gasteiger partial charge in [0.25, 0.3) is 0 Å². The Bertz CT molecular complexity index is 123. The first kappa shape index (κ1) is 12.2. The molecule has 0 aliphatic rings. The molecule has 3 nitrogen and oxygen atoms in total. The first-order chi connectivity index (χ1) is 4.13. The Hall–Kier alpha value is -0.540. The summed E-state index contributed by atoms with van der Waals surface area (Å²) in [6, 6.07) is 0. The minimum Gasteiger partial charge on any atom is -0.478 e. The molecule has 0 saturated heterocycles. The smallest absolute Gasteiger partial charge is 0.328 e. The highest BCUT2D eigenvalue weighted by molar-refractivity contribution is 5.85. The zero-order valence-corrected chi connectivity index (χ0v) is 6.89. The van der Waals surface area contributed by atoms with Crippen LogP contribution < -0.4 is 0 Å². The van der Waals surface area contributed by atoms with Gasteiger partial charge in [0.1, 0.15) is 0 Å². The molecule has 1 N–H and O–H groups in total. The molecule has 0 aliphatic heterocycles. The third kappa shape index (κ3) is 10.4. The van der Waals surface area contributed by atoms with Gasteiger partial charge in [0.15, 0.2) is 0 Å². The molecule has 0 saturated carbocycles. The highest BCUT2D eigenvalue weighted by Gasteiger charge is 1.85. The van der Waals surface area contributed by atoms with Crippen LogP contribution in [0.15, 0.2) is 12.2 Å². The van der Waals surface area contributed by atoms with Crippen molar-refractivity contribution in [2.45, 2.75) is 0 Å². The van der Waals surface area contributed by atoms with Crippen LogP contribution in [0.1, 0.15) is 0 Å². The van der Waals surface area contributed by atoms with Gasteiger partial charge in [-0.15, -0.1) is 12.4 Å². The molecular formula is C6H12ClNO2. The van der Waals surface area contributed by atoms with Crippen LogP contribution in [0.3, 0.4) is 0 Å². The molecule has 0 aromatic heterocycles. The van der Waals surface area contributed by atoms with Crippen molar-refractivity contribution in [1.29, 1.82) is 0 Å². The van der Waals surface area contributed by atoms with Gasteiger partial charge in [-0.25, -0.2) is 4.79 Å². The fraction of sp³-hybridized carbons (Fsp3) is 0.500. The lowest BCUT2D eigenvalue weighted by molar-refractivity contribution is -0.131. The zero-order valence-electron chi connectivity index (χ0n) is 6.07. The molecule has 0 amide bonds. The third-order valence-electron chi connectivity index (χ3n) is 0.731. The van der Waals surface area contributed by atoms with Gasteiger partial charge in [-0.3, -0.25) is 0 Å². The van der Waals surface area contributed by atoms with Gasteiger partial charge in [0, 0.05) is 12.6 Å². The van der Waals surface area contributed by atoms with Gasteiger partial charge in [-0.05, 0) is 14.1 Å². The minimum atomic E-state index is -0.892. The topological polar surface area (TPSA) is 40.5 Å². The van der Waals surface area contributed by atoms with Crippen molar-refractivity contribution in [1.82, 2.24) is 4.90 Å². The summed E-state index contributed by atoms with van der Waals surface area (Å²) in [6.07, 6.45) is 2.74. The number of hydrogen-bond acceptors (Lipinski definition) is 2. The quantitative estimate of drug-likeness (QED) is 0.623. The minimum absolute atomic E-state index is 0. The molecular weight excluding hydrogens is 154 g/mol. The molecule has 0 atom stereocenters. The van der Waals surface area contributed by atoms with Crippen molar-refractivity contribution in [3.05, 3.63) is 12.2 Å². The monoisotopic (exact) mass is 165 g/mol. The lowest BCUT2D eigenvalue weighted by Crippen LogP contribution is -2.10. The van der Waals surface area contributed by atoms with Crippen LogP contribution in [0.2, 0.25) is 0 Å². The van der Waals surface area contributed by atoms with Crippen molar-refractivity contribution in [3.63, 3.8) is 0 Å². The largest absolute Gasteiger partial charge is 0.478 e. The predicted octanol–water partition coefficient (Wildman–Crippen LogP) is 0.611. The molecule has 0 rings (SSSR count). The maximum atomic E-state index is 9.88. The number of aliphatic carboxylic acids is 1. The van der Waals surface area contributed by atoms with Crippen molar-refractivity contribution in [3.8, 4) is 0 Å². The predicted molar refractivity (Wildman–Crippen MR) is 42.6 cm³/mol. The second kappa shape index (κ2) is 6.58. The number of likely N-dealkylation sites (N-methyl/N-ethyl adjacent to an activating group) is 1. The first-order valence-corrected chi connectivity index (χ1v) is 2.67. The van der Waals surface area contributed by atoms with Crippen LogP contribution >= 0.6 is 12.4 Å². The van der Waals surface area contributed by atoms with E-state index in [1.807, 2.05) is 19.0 Å². The van der Waals surface area contributed by atoms with Gasteiger partial charge < -0.3 is 10.0 Å². The summed E-state index contributed by atoms with van der Waals surface area (Å²) in [4.78, 5) is 11.8. The van der Waals surface area contributed by atoms with E-state index in [0.29, 0.717) is 6.54 Å². The zero-order chi connectivity index (χ0) is 7.28. The van der Waals surface area contributed by atoms with E-state index in [2.05, 4.69) is 0 Å². The van der Waals surface area contributed by atoms with Crippen LogP contribution in [0.5, 0.6) is 0 Å². The fourth-order valence-corrected chi connectivity index (χ4v) is 0.364. The maximum absolute atomic E-state index is 9.88. The molecule has 4 heteroatoms. The van der Waals surface area contributed by atoms with E-state index in [-0.39, 0.29) is 12.4 Å². The number of carboxylic acids is 1. The number of carboxylic acid groups (broad SMARTS) is 1. The lowest BCUT2D eigenvalue weighted by atomic mass is 10.5. The first-order valence-electron chi connectivity index (χ1n) is 2.67. The van der Waals surface area contributed by atoms with Gasteiger partial charge in [0.05, 0.1) is 0 Å². The highest BCUT2D eigenvalue weighted by atomic mass is 35.5. The Balaban J connectivity index is 0. The van der Waals surface area contributed by atoms with Crippen LogP contribution in [0.4, 0.5) is 0 Å². The van der Waals surface area contributed by atoms with Gasteiger partial charge >= 0.3 is 5.97 Å². The van der Waals surface area contributed by atoms with Gasteiger partial charge in [0.2, 0.25) is 0 Å². The van der Waals surface area contributed by atoms with E-state index in [0.717, 1.165) is 6.08 Å². The van der Waals surface area contributed by atoms with Gasteiger partial charge in [-0.2, -0.15) is 0 Å². The van der Waals surface area contributed by atoms with Crippen molar-refractivity contribution < 1.29 is 9.90 Å². The highest BCUT2D eigenvalue weighted by Crippen LogP contribution is 1.76. The molecule has 0 fully saturated rings. The van der Waals surface area contributed by atoms with Crippen LogP contribution in [-0.4, -0.2) is 36.6 Å². The standard InChI is InChI=1S/C6H11NO2.ClH/c1-7(2)5-3-4-6(8)9;/h3-4H,5H2,1-2H3,(H,8,9);1H/b4-3-;. The molecule has 0 radical (unpaired) electrons. The Morgan fingerprint density at radius 2 is 2.10 bits per heavy atom. The normalized spacial score (nSPS) is 9.90. The van der Waals surface area contributed by atoms with Crippen LogP contribution in [0, 0.1) is 0 Å². The molecule has 10 heavy (non-hydrogen) atoms. The summed E-state index contributed by atoms with van der Waals surface area (Å²) in [6.45, 7) is 0.673. The van der Waals surface area contributed by atoms with E-state index in [9.17, 15) is 4.79 Å². The lowest BCUT2D eigenvalue weighted by Gasteiger charge is -2.02. The second-order valence-corrected chi connectivity index (χ2v) is 2.00. The van der Waals surface area contributed by atoms with E-state index >= 15 is 0 Å². The molecule has 0 spiro atoms. The summed E-state index contributed by atoms with van der Waals surface area (Å²) in [7, 11) is 3.76. The summed E-state index contributed by atoms with van der Waals surface area (Å²) >= 11 is 0. The van der Waals surface area contributed by atoms with Crippen LogP contribution in [-0.2, 0) is 4.79 Å². The molecule has 0 heterocycles. The number of rotatable bonds is 3. The number of carbonyl (C=O) groups is 1. The SMILES string of the molecule is CN(C)C/C=C\C(=O)O.Cl. The maximum Gasteiger partial charge on any atom is 0.328 e. The number of halogens is 1. The molecule has 0 aliphatic carbocycles. The van der Waals surface area contributed by atoms with Crippen molar-refractivity contribution in [2.75, 3.05) is 20.6 Å². The second-order valence-electron chi connectivity index (χ2n) is 2.00. The fourth-order valence-electron chi connectivity index (χ4n) is 0.364. The number of nitrogens with zero attached hydrogens (tertiary/aromatic N) is 1. The summed E-state index contributed by atoms with van der Waals surface area (Å²) in [5.41, 5.74) is 0. The van der Waals surface area contributed by atoms with Crippen LogP contribution in [0.25, 0.3) is 0 Å². The molecule has 0 unspecified atom stereocenters. The van der Waals surface area contributed by atoms with Gasteiger partial charge in [-0.1, -0.05) is 6.08 Å². The Labute approximate surface area is 66.7 Å². The van der Waals surface area contributed by atoms with E-state index in [1.54, 1.807) is 6.08 Å². The molecule has 0 bridgehead atoms. The van der Waals surface area contributed by atoms with E-state index < -0.39 is 5.97 Å². The molecule has 0 aromatic rings. The number of hydrogen-bond donors (Lipinski definition) is 1. The molecule has 0 aromatic carbocycles. The van der Waals surface area contributed by atoms with Crippen molar-refractivity contribution in [2.24, 2.45) is 0 Å². The summed E-state index contributed by atoms with van der Waals surface area (Å²) in [5, 5.41) is 8.12. The Morgan fingerprint density at radius 3 is 2.40 bits per heavy atom. The molecule has 60 valence electrons. The van der Waals surface area contributed by atoms with E-state index in [4.69, 9.17) is 5.11 Å². The Kier molecular flexibility index (Phi) is 8.00. The summed E-state index contributed by atoms with van der Waals surface area (Å²) in [5.74, 6) is -0.892. The summed E-state index contributed by atoms with van der Waals surface area (Å²) < 4.78 is 0. The van der Waals surface area contributed by atoms with E-state index in [1.165, 1.54) is 0 Å². The average Bonchev–Trinajstić information content (AvgIpc) is 1.63. The average molecular weight is 166 g/mol. The van der Waals surface area contributed by atoms with Crippen molar-refractivity contribution >= 4 is 18.4 Å². The Morgan fingerprint density at radius 1 is 1.60 bits per heavy atom.